The molecule has 2 aromatic carbocycles. The van der Waals surface area contributed by atoms with E-state index < -0.39 is 0 Å². The van der Waals surface area contributed by atoms with Gasteiger partial charge in [-0.15, -0.1) is 0 Å². The van der Waals surface area contributed by atoms with Crippen molar-refractivity contribution >= 4 is 27.5 Å². The van der Waals surface area contributed by atoms with Gasteiger partial charge in [0.05, 0.1) is 23.9 Å². The maximum Gasteiger partial charge on any atom is 0.238 e. The van der Waals surface area contributed by atoms with Gasteiger partial charge >= 0.3 is 0 Å². The van der Waals surface area contributed by atoms with Crippen molar-refractivity contribution in [1.82, 2.24) is 5.32 Å². The predicted octanol–water partition coefficient (Wildman–Crippen LogP) is 3.05. The molecule has 5 heteroatoms. The standard InChI is InChI=1S/C16H14BrN3O/c17-14-6-1-2-7-15(14)20-16(21)11-19-10-13-5-3-4-12(8-13)9-18/h1-8,19H,10-11H2,(H,20,21). The number of carbonyl (C=O) groups excluding carboxylic acids is 1. The number of carbonyl (C=O) groups is 1. The van der Waals surface area contributed by atoms with Crippen molar-refractivity contribution in [2.24, 2.45) is 0 Å². The fourth-order valence-electron chi connectivity index (χ4n) is 1.83. The summed E-state index contributed by atoms with van der Waals surface area (Å²) >= 11 is 3.38. The van der Waals surface area contributed by atoms with Crippen molar-refractivity contribution in [3.05, 3.63) is 64.1 Å². The molecule has 0 spiro atoms. The third-order valence-corrected chi connectivity index (χ3v) is 3.51. The summed E-state index contributed by atoms with van der Waals surface area (Å²) in [5.74, 6) is -0.113. The number of benzene rings is 2. The first-order chi connectivity index (χ1) is 10.2. The van der Waals surface area contributed by atoms with Crippen molar-refractivity contribution in [3.8, 4) is 6.07 Å². The van der Waals surface area contributed by atoms with E-state index in [0.717, 1.165) is 15.7 Å². The van der Waals surface area contributed by atoms with Gasteiger partial charge in [0, 0.05) is 11.0 Å². The van der Waals surface area contributed by atoms with Crippen LogP contribution in [0.3, 0.4) is 0 Å². The number of nitrogens with zero attached hydrogens (tertiary/aromatic N) is 1. The Bertz CT molecular complexity index is 679. The molecule has 0 radical (unpaired) electrons. The molecule has 0 aliphatic rings. The minimum absolute atomic E-state index is 0.113. The van der Waals surface area contributed by atoms with Gasteiger partial charge in [-0.25, -0.2) is 0 Å². The van der Waals surface area contributed by atoms with Crippen LogP contribution in [-0.4, -0.2) is 12.5 Å². The summed E-state index contributed by atoms with van der Waals surface area (Å²) in [5, 5.41) is 14.7. The van der Waals surface area contributed by atoms with E-state index in [9.17, 15) is 4.79 Å². The summed E-state index contributed by atoms with van der Waals surface area (Å²) in [6, 6.07) is 16.9. The summed E-state index contributed by atoms with van der Waals surface area (Å²) in [7, 11) is 0. The van der Waals surface area contributed by atoms with Gasteiger partial charge in [-0.05, 0) is 45.8 Å². The molecule has 0 saturated carbocycles. The maximum atomic E-state index is 11.8. The quantitative estimate of drug-likeness (QED) is 0.876. The highest BCUT2D eigenvalue weighted by Crippen LogP contribution is 2.20. The molecule has 0 aliphatic heterocycles. The lowest BCUT2D eigenvalue weighted by Gasteiger charge is -2.08. The number of nitrogens with one attached hydrogen (secondary N) is 2. The molecule has 1 amide bonds. The smallest absolute Gasteiger partial charge is 0.238 e. The highest BCUT2D eigenvalue weighted by atomic mass is 79.9. The second-order valence-corrected chi connectivity index (χ2v) is 5.30. The molecular weight excluding hydrogens is 330 g/mol. The first kappa shape index (κ1) is 15.2. The molecular formula is C16H14BrN3O. The summed E-state index contributed by atoms with van der Waals surface area (Å²) in [5.41, 5.74) is 2.34. The molecule has 4 nitrogen and oxygen atoms in total. The van der Waals surface area contributed by atoms with Crippen LogP contribution in [0.25, 0.3) is 0 Å². The number of para-hydroxylation sites is 1. The van der Waals surface area contributed by atoms with Crippen LogP contribution in [0.2, 0.25) is 0 Å². The number of anilines is 1. The Morgan fingerprint density at radius 3 is 2.76 bits per heavy atom. The lowest BCUT2D eigenvalue weighted by atomic mass is 10.1. The highest BCUT2D eigenvalue weighted by Gasteiger charge is 2.04. The Balaban J connectivity index is 1.82. The second-order valence-electron chi connectivity index (χ2n) is 4.44. The van der Waals surface area contributed by atoms with Crippen LogP contribution in [0.15, 0.2) is 53.0 Å². The number of hydrogen-bond acceptors (Lipinski definition) is 3. The molecule has 0 unspecified atom stereocenters. The van der Waals surface area contributed by atoms with Crippen LogP contribution < -0.4 is 10.6 Å². The zero-order chi connectivity index (χ0) is 15.1. The average Bonchev–Trinajstić information content (AvgIpc) is 2.50. The number of amides is 1. The molecule has 2 N–H and O–H groups in total. The van der Waals surface area contributed by atoms with Crippen LogP contribution in [0.5, 0.6) is 0 Å². The number of hydrogen-bond donors (Lipinski definition) is 2. The van der Waals surface area contributed by atoms with Crippen molar-refractivity contribution in [2.45, 2.75) is 6.54 Å². The van der Waals surface area contributed by atoms with Gasteiger partial charge in [0.25, 0.3) is 0 Å². The summed E-state index contributed by atoms with van der Waals surface area (Å²) in [6.07, 6.45) is 0. The van der Waals surface area contributed by atoms with Crippen molar-refractivity contribution < 1.29 is 4.79 Å². The molecule has 0 aromatic heterocycles. The van der Waals surface area contributed by atoms with E-state index in [1.165, 1.54) is 0 Å². The Labute approximate surface area is 131 Å². The second kappa shape index (κ2) is 7.58. The molecule has 0 aliphatic carbocycles. The van der Waals surface area contributed by atoms with Gasteiger partial charge in [-0.2, -0.15) is 5.26 Å². The Kier molecular flexibility index (Phi) is 5.50. The molecule has 0 heterocycles. The minimum Gasteiger partial charge on any atom is -0.324 e. The van der Waals surface area contributed by atoms with Gasteiger partial charge in [0.2, 0.25) is 5.91 Å². The molecule has 2 rings (SSSR count). The first-order valence-corrected chi connectivity index (χ1v) is 7.22. The molecule has 21 heavy (non-hydrogen) atoms. The average molecular weight is 344 g/mol. The normalized spacial score (nSPS) is 9.90. The number of nitriles is 1. The molecule has 0 fully saturated rings. The molecule has 2 aromatic rings. The summed E-state index contributed by atoms with van der Waals surface area (Å²) in [4.78, 5) is 11.8. The third kappa shape index (κ3) is 4.71. The van der Waals surface area contributed by atoms with E-state index in [2.05, 4.69) is 32.6 Å². The SMILES string of the molecule is N#Cc1cccc(CNCC(=O)Nc2ccccc2Br)c1. The van der Waals surface area contributed by atoms with Crippen LogP contribution in [0.1, 0.15) is 11.1 Å². The van der Waals surface area contributed by atoms with E-state index in [-0.39, 0.29) is 12.5 Å². The Morgan fingerprint density at radius 1 is 1.19 bits per heavy atom. The maximum absolute atomic E-state index is 11.8. The van der Waals surface area contributed by atoms with E-state index in [1.807, 2.05) is 36.4 Å². The van der Waals surface area contributed by atoms with E-state index in [0.29, 0.717) is 12.1 Å². The highest BCUT2D eigenvalue weighted by molar-refractivity contribution is 9.10. The third-order valence-electron chi connectivity index (χ3n) is 2.82. The lowest BCUT2D eigenvalue weighted by Crippen LogP contribution is -2.27. The van der Waals surface area contributed by atoms with Crippen molar-refractivity contribution in [3.63, 3.8) is 0 Å². The van der Waals surface area contributed by atoms with Crippen molar-refractivity contribution in [2.75, 3.05) is 11.9 Å². The first-order valence-electron chi connectivity index (χ1n) is 6.43. The van der Waals surface area contributed by atoms with Gasteiger partial charge in [0.15, 0.2) is 0 Å². The zero-order valence-corrected chi connectivity index (χ0v) is 12.9. The molecule has 0 bridgehead atoms. The monoisotopic (exact) mass is 343 g/mol. The van der Waals surface area contributed by atoms with E-state index in [4.69, 9.17) is 5.26 Å². The van der Waals surface area contributed by atoms with Crippen LogP contribution >= 0.6 is 15.9 Å². The van der Waals surface area contributed by atoms with Gasteiger partial charge in [0.1, 0.15) is 0 Å². The summed E-state index contributed by atoms with van der Waals surface area (Å²) in [6.45, 7) is 0.747. The van der Waals surface area contributed by atoms with Gasteiger partial charge in [-0.3, -0.25) is 4.79 Å². The van der Waals surface area contributed by atoms with Crippen LogP contribution in [0.4, 0.5) is 5.69 Å². The number of halogens is 1. The molecule has 106 valence electrons. The fourth-order valence-corrected chi connectivity index (χ4v) is 2.21. The molecule has 0 saturated heterocycles. The zero-order valence-electron chi connectivity index (χ0n) is 11.3. The predicted molar refractivity (Wildman–Crippen MR) is 85.6 cm³/mol. The summed E-state index contributed by atoms with van der Waals surface area (Å²) < 4.78 is 0.847. The van der Waals surface area contributed by atoms with E-state index >= 15 is 0 Å². The minimum atomic E-state index is -0.113. The topological polar surface area (TPSA) is 64.9 Å². The number of rotatable bonds is 5. The van der Waals surface area contributed by atoms with Crippen LogP contribution in [0, 0.1) is 11.3 Å². The van der Waals surface area contributed by atoms with Crippen molar-refractivity contribution in [1.29, 1.82) is 5.26 Å². The van der Waals surface area contributed by atoms with Gasteiger partial charge < -0.3 is 10.6 Å². The molecule has 0 atom stereocenters. The van der Waals surface area contributed by atoms with E-state index in [1.54, 1.807) is 12.1 Å². The Morgan fingerprint density at radius 2 is 2.00 bits per heavy atom. The largest absolute Gasteiger partial charge is 0.324 e. The lowest BCUT2D eigenvalue weighted by molar-refractivity contribution is -0.115. The fraction of sp³-hybridized carbons (Fsp3) is 0.125. The van der Waals surface area contributed by atoms with Crippen LogP contribution in [-0.2, 0) is 11.3 Å². The van der Waals surface area contributed by atoms with Gasteiger partial charge in [-0.1, -0.05) is 24.3 Å². The Hall–Kier alpha value is -2.16.